The fourth-order valence-corrected chi connectivity index (χ4v) is 3.46. The summed E-state index contributed by atoms with van der Waals surface area (Å²) in [6.07, 6.45) is 11.7. The van der Waals surface area contributed by atoms with Crippen molar-refractivity contribution in [2.24, 2.45) is 23.7 Å². The van der Waals surface area contributed by atoms with E-state index in [4.69, 9.17) is 9.47 Å². The molecule has 0 aliphatic heterocycles. The Morgan fingerprint density at radius 3 is 1.74 bits per heavy atom. The van der Waals surface area contributed by atoms with E-state index in [0.29, 0.717) is 13.2 Å². The minimum Gasteiger partial charge on any atom is -0.465 e. The number of fused-ring (bicyclic) bond motifs is 2. The molecule has 4 atom stereocenters. The summed E-state index contributed by atoms with van der Waals surface area (Å²) >= 11 is 0. The lowest BCUT2D eigenvalue weighted by atomic mass is 9.83. The molecule has 4 heteroatoms. The lowest BCUT2D eigenvalue weighted by molar-refractivity contribution is -0.161. The molecule has 2 aliphatic rings. The van der Waals surface area contributed by atoms with Crippen LogP contribution in [-0.4, -0.2) is 25.2 Å². The average molecular weight is 318 g/mol. The zero-order chi connectivity index (χ0) is 16.7. The van der Waals surface area contributed by atoms with E-state index in [0.717, 1.165) is 32.1 Å². The van der Waals surface area contributed by atoms with Gasteiger partial charge in [-0.15, -0.1) is 13.2 Å². The topological polar surface area (TPSA) is 52.6 Å². The van der Waals surface area contributed by atoms with Crippen molar-refractivity contribution in [1.82, 2.24) is 0 Å². The number of esters is 2. The summed E-state index contributed by atoms with van der Waals surface area (Å²) < 4.78 is 10.7. The lowest BCUT2D eigenvalue weighted by Crippen LogP contribution is -2.35. The van der Waals surface area contributed by atoms with E-state index in [1.54, 1.807) is 12.2 Å². The van der Waals surface area contributed by atoms with Crippen molar-refractivity contribution < 1.29 is 19.1 Å². The van der Waals surface area contributed by atoms with Gasteiger partial charge in [0, 0.05) is 0 Å². The van der Waals surface area contributed by atoms with Crippen LogP contribution in [0.3, 0.4) is 0 Å². The van der Waals surface area contributed by atoms with Gasteiger partial charge < -0.3 is 9.47 Å². The Kier molecular flexibility index (Phi) is 6.63. The molecule has 23 heavy (non-hydrogen) atoms. The first kappa shape index (κ1) is 17.5. The van der Waals surface area contributed by atoms with Gasteiger partial charge in [-0.2, -0.15) is 0 Å². The molecular formula is C19H26O4. The molecule has 2 rings (SSSR count). The van der Waals surface area contributed by atoms with E-state index in [-0.39, 0.29) is 35.6 Å². The van der Waals surface area contributed by atoms with Crippen LogP contribution in [0.5, 0.6) is 0 Å². The van der Waals surface area contributed by atoms with Crippen molar-refractivity contribution >= 4 is 11.9 Å². The minimum atomic E-state index is -0.388. The third-order valence-electron chi connectivity index (χ3n) is 4.60. The summed E-state index contributed by atoms with van der Waals surface area (Å²) in [5, 5.41) is 0. The van der Waals surface area contributed by atoms with Crippen molar-refractivity contribution in [2.75, 3.05) is 13.2 Å². The summed E-state index contributed by atoms with van der Waals surface area (Å²) in [5.41, 5.74) is 0. The zero-order valence-corrected chi connectivity index (χ0v) is 13.6. The summed E-state index contributed by atoms with van der Waals surface area (Å²) in [4.78, 5) is 24.8. The molecule has 0 amide bonds. The van der Waals surface area contributed by atoms with Crippen LogP contribution in [0.25, 0.3) is 0 Å². The second-order valence-electron chi connectivity index (χ2n) is 6.20. The monoisotopic (exact) mass is 318 g/mol. The van der Waals surface area contributed by atoms with Crippen molar-refractivity contribution in [3.8, 4) is 0 Å². The van der Waals surface area contributed by atoms with E-state index in [1.807, 2.05) is 12.2 Å². The van der Waals surface area contributed by atoms with Crippen LogP contribution in [0.15, 0.2) is 37.5 Å². The number of carbonyl (C=O) groups is 2. The third-order valence-corrected chi connectivity index (χ3v) is 4.60. The predicted molar refractivity (Wildman–Crippen MR) is 88.5 cm³/mol. The Labute approximate surface area is 138 Å². The molecule has 2 bridgehead atoms. The standard InChI is InChI=1S/C19H26O4/c1-3-5-7-11-22-18(20)16-14-9-10-15(13-14)17(16)19(21)23-12-8-6-4-2/h3-4,9-10,14-17H,1-2,5-8,11-13H2. The molecule has 126 valence electrons. The quantitative estimate of drug-likeness (QED) is 0.352. The van der Waals surface area contributed by atoms with Crippen LogP contribution >= 0.6 is 0 Å². The Morgan fingerprint density at radius 2 is 1.35 bits per heavy atom. The van der Waals surface area contributed by atoms with E-state index < -0.39 is 0 Å². The second kappa shape index (κ2) is 8.70. The van der Waals surface area contributed by atoms with Crippen molar-refractivity contribution in [3.63, 3.8) is 0 Å². The highest BCUT2D eigenvalue weighted by molar-refractivity contribution is 5.84. The molecule has 0 heterocycles. The molecule has 0 N–H and O–H groups in total. The highest BCUT2D eigenvalue weighted by Gasteiger charge is 2.53. The number of hydrogen-bond donors (Lipinski definition) is 0. The molecular weight excluding hydrogens is 292 g/mol. The largest absolute Gasteiger partial charge is 0.465 e. The highest BCUT2D eigenvalue weighted by Crippen LogP contribution is 2.49. The Balaban J connectivity index is 1.89. The van der Waals surface area contributed by atoms with Crippen LogP contribution < -0.4 is 0 Å². The van der Waals surface area contributed by atoms with Crippen molar-refractivity contribution in [2.45, 2.75) is 32.1 Å². The van der Waals surface area contributed by atoms with Crippen LogP contribution in [0.4, 0.5) is 0 Å². The van der Waals surface area contributed by atoms with Gasteiger partial charge in [0.2, 0.25) is 0 Å². The maximum atomic E-state index is 12.4. The van der Waals surface area contributed by atoms with Gasteiger partial charge in [0.1, 0.15) is 0 Å². The number of allylic oxidation sites excluding steroid dienone is 4. The molecule has 0 saturated heterocycles. The summed E-state index contributed by atoms with van der Waals surface area (Å²) in [7, 11) is 0. The van der Waals surface area contributed by atoms with Crippen molar-refractivity contribution in [3.05, 3.63) is 37.5 Å². The smallest absolute Gasteiger partial charge is 0.310 e. The first-order valence-electron chi connectivity index (χ1n) is 8.42. The van der Waals surface area contributed by atoms with Gasteiger partial charge in [-0.1, -0.05) is 24.3 Å². The maximum Gasteiger partial charge on any atom is 0.310 e. The predicted octanol–water partition coefficient (Wildman–Crippen LogP) is 3.44. The zero-order valence-electron chi connectivity index (χ0n) is 13.6. The van der Waals surface area contributed by atoms with Crippen LogP contribution in [0.1, 0.15) is 32.1 Å². The normalized spacial score (nSPS) is 27.7. The molecule has 1 saturated carbocycles. The summed E-state index contributed by atoms with van der Waals surface area (Å²) in [6, 6.07) is 0. The number of rotatable bonds is 10. The Bertz CT molecular complexity index is 438. The molecule has 0 radical (unpaired) electrons. The average Bonchev–Trinajstić information content (AvgIpc) is 3.16. The first-order valence-corrected chi connectivity index (χ1v) is 8.42. The number of unbranched alkanes of at least 4 members (excludes halogenated alkanes) is 2. The van der Waals surface area contributed by atoms with Crippen LogP contribution in [0.2, 0.25) is 0 Å². The summed E-state index contributed by atoms with van der Waals surface area (Å²) in [6.45, 7) is 8.05. The Morgan fingerprint density at radius 1 is 0.913 bits per heavy atom. The highest BCUT2D eigenvalue weighted by atomic mass is 16.5. The van der Waals surface area contributed by atoms with Gasteiger partial charge in [-0.25, -0.2) is 0 Å². The number of carbonyl (C=O) groups excluding carboxylic acids is 2. The van der Waals surface area contributed by atoms with E-state index in [9.17, 15) is 9.59 Å². The van der Waals surface area contributed by atoms with E-state index in [1.165, 1.54) is 0 Å². The first-order chi connectivity index (χ1) is 11.2. The molecule has 0 aromatic heterocycles. The van der Waals surface area contributed by atoms with Gasteiger partial charge in [-0.05, 0) is 43.9 Å². The molecule has 1 fully saturated rings. The van der Waals surface area contributed by atoms with Gasteiger partial charge >= 0.3 is 11.9 Å². The van der Waals surface area contributed by atoms with Crippen LogP contribution in [-0.2, 0) is 19.1 Å². The van der Waals surface area contributed by atoms with Gasteiger partial charge in [0.05, 0.1) is 25.0 Å². The maximum absolute atomic E-state index is 12.4. The van der Waals surface area contributed by atoms with Gasteiger partial charge in [-0.3, -0.25) is 9.59 Å². The number of ether oxygens (including phenoxy) is 2. The molecule has 4 nitrogen and oxygen atoms in total. The van der Waals surface area contributed by atoms with E-state index >= 15 is 0 Å². The molecule has 0 aromatic rings. The van der Waals surface area contributed by atoms with Crippen LogP contribution in [0, 0.1) is 23.7 Å². The van der Waals surface area contributed by atoms with Gasteiger partial charge in [0.25, 0.3) is 0 Å². The Hall–Kier alpha value is -1.84. The third kappa shape index (κ3) is 4.34. The van der Waals surface area contributed by atoms with E-state index in [2.05, 4.69) is 13.2 Å². The fraction of sp³-hybridized carbons (Fsp3) is 0.579. The SMILES string of the molecule is C=CCCCOC(=O)C1C2C=CC(C2)C1C(=O)OCCCC=C. The summed E-state index contributed by atoms with van der Waals surface area (Å²) in [5.74, 6) is -1.09. The fourth-order valence-electron chi connectivity index (χ4n) is 3.46. The molecule has 2 aliphatic carbocycles. The second-order valence-corrected chi connectivity index (χ2v) is 6.20. The lowest BCUT2D eigenvalue weighted by Gasteiger charge is -2.25. The van der Waals surface area contributed by atoms with Gasteiger partial charge in [0.15, 0.2) is 0 Å². The molecule has 0 spiro atoms. The molecule has 4 unspecified atom stereocenters. The molecule has 0 aromatic carbocycles. The minimum absolute atomic E-state index is 0.109. The van der Waals surface area contributed by atoms with Crippen molar-refractivity contribution in [1.29, 1.82) is 0 Å². The number of hydrogen-bond acceptors (Lipinski definition) is 4.